The van der Waals surface area contributed by atoms with E-state index in [-0.39, 0.29) is 17.0 Å². The van der Waals surface area contributed by atoms with E-state index in [1.54, 1.807) is 6.33 Å². The number of nitrogens with two attached hydrogens (primary N) is 1. The van der Waals surface area contributed by atoms with Crippen LogP contribution in [0.25, 0.3) is 0 Å². The summed E-state index contributed by atoms with van der Waals surface area (Å²) in [6.45, 7) is 0. The molecule has 4 aliphatic rings. The molecule has 0 radical (unpaired) electrons. The summed E-state index contributed by atoms with van der Waals surface area (Å²) in [5, 5.41) is 7.12. The van der Waals surface area contributed by atoms with Crippen molar-refractivity contribution < 1.29 is 41.0 Å². The average molecular weight is 401 g/mol. The van der Waals surface area contributed by atoms with Gasteiger partial charge in [0.2, 0.25) is 0 Å². The molecule has 27 heavy (non-hydrogen) atoms. The monoisotopic (exact) mass is 401 g/mol. The number of alkyl halides is 6. The second-order valence-corrected chi connectivity index (χ2v) is 7.49. The van der Waals surface area contributed by atoms with Gasteiger partial charge in [0.1, 0.15) is 0 Å². The predicted molar refractivity (Wildman–Crippen MR) is 77.6 cm³/mol. The van der Waals surface area contributed by atoms with E-state index in [0.717, 1.165) is 25.0 Å². The smallest absolute Gasteiger partial charge is 0.475 e. The Labute approximate surface area is 149 Å². The van der Waals surface area contributed by atoms with Gasteiger partial charge in [-0.25, -0.2) is 9.78 Å². The van der Waals surface area contributed by atoms with Gasteiger partial charge < -0.3 is 15.4 Å². The summed E-state index contributed by atoms with van der Waals surface area (Å²) in [4.78, 5) is 13.3. The van der Waals surface area contributed by atoms with E-state index < -0.39 is 24.6 Å². The maximum Gasteiger partial charge on any atom is 0.522 e. The number of aliphatic carboxylic acids is 1. The minimum absolute atomic E-state index is 0.0336. The molecule has 1 aromatic rings. The van der Waals surface area contributed by atoms with Crippen LogP contribution in [0.3, 0.4) is 0 Å². The van der Waals surface area contributed by atoms with Crippen molar-refractivity contribution in [2.24, 2.45) is 5.73 Å². The van der Waals surface area contributed by atoms with Crippen LogP contribution in [-0.2, 0) is 14.9 Å². The Morgan fingerprint density at radius 1 is 1.22 bits per heavy atom. The standard InChI is InChI=1S/C13H16F3N3O.C2HF3O2/c14-13(15,16)20-9-1-8(2-9)19-3-10(18-7-19)11-4-12(17,5-11)6-11;3-2(4,5)1(6)7/h3,7-9H,1-2,4-6,17H2;(H,6,7). The summed E-state index contributed by atoms with van der Waals surface area (Å²) >= 11 is 0. The third kappa shape index (κ3) is 4.05. The highest BCUT2D eigenvalue weighted by Crippen LogP contribution is 2.66. The lowest BCUT2D eigenvalue weighted by atomic mass is 9.39. The Hall–Kier alpha value is -1.82. The molecule has 6 nitrogen and oxygen atoms in total. The highest BCUT2D eigenvalue weighted by atomic mass is 19.4. The van der Waals surface area contributed by atoms with Crippen LogP contribution in [0.2, 0.25) is 0 Å². The van der Waals surface area contributed by atoms with Crippen LogP contribution < -0.4 is 5.73 Å². The molecule has 12 heteroatoms. The number of carboxylic acid groups (broad SMARTS) is 1. The van der Waals surface area contributed by atoms with Gasteiger partial charge in [-0.2, -0.15) is 13.2 Å². The highest BCUT2D eigenvalue weighted by molar-refractivity contribution is 5.73. The second-order valence-electron chi connectivity index (χ2n) is 7.49. The van der Waals surface area contributed by atoms with Gasteiger partial charge in [0, 0.05) is 23.2 Å². The van der Waals surface area contributed by atoms with E-state index in [9.17, 15) is 26.3 Å². The summed E-state index contributed by atoms with van der Waals surface area (Å²) in [6.07, 6.45) is -2.87. The largest absolute Gasteiger partial charge is 0.522 e. The summed E-state index contributed by atoms with van der Waals surface area (Å²) in [5.74, 6) is -2.76. The van der Waals surface area contributed by atoms with Crippen molar-refractivity contribution in [3.8, 4) is 0 Å². The number of hydrogen-bond donors (Lipinski definition) is 2. The molecule has 1 aromatic heterocycles. The Morgan fingerprint density at radius 3 is 2.15 bits per heavy atom. The molecule has 0 aliphatic heterocycles. The van der Waals surface area contributed by atoms with E-state index in [0.29, 0.717) is 12.8 Å². The van der Waals surface area contributed by atoms with Crippen LogP contribution in [0.15, 0.2) is 12.5 Å². The maximum absolute atomic E-state index is 12.1. The molecule has 0 aromatic carbocycles. The van der Waals surface area contributed by atoms with E-state index >= 15 is 0 Å². The van der Waals surface area contributed by atoms with Gasteiger partial charge in [-0.15, -0.1) is 13.2 Å². The first-order valence-electron chi connectivity index (χ1n) is 8.09. The molecule has 0 unspecified atom stereocenters. The van der Waals surface area contributed by atoms with Crippen LogP contribution >= 0.6 is 0 Å². The van der Waals surface area contributed by atoms with Crippen molar-refractivity contribution in [3.63, 3.8) is 0 Å². The van der Waals surface area contributed by atoms with Gasteiger partial charge in [0.05, 0.1) is 18.1 Å². The molecule has 5 rings (SSSR count). The molecule has 4 fully saturated rings. The topological polar surface area (TPSA) is 90.4 Å². The second kappa shape index (κ2) is 6.09. The summed E-state index contributed by atoms with van der Waals surface area (Å²) < 4.78 is 73.8. The van der Waals surface area contributed by atoms with Gasteiger partial charge in [0.25, 0.3) is 0 Å². The molecule has 0 atom stereocenters. The lowest BCUT2D eigenvalue weighted by Crippen LogP contribution is -2.74. The summed E-state index contributed by atoms with van der Waals surface area (Å²) in [7, 11) is 0. The van der Waals surface area contributed by atoms with Crippen molar-refractivity contribution in [1.29, 1.82) is 0 Å². The lowest BCUT2D eigenvalue weighted by Gasteiger charge is -2.68. The number of carbonyl (C=O) groups is 1. The van der Waals surface area contributed by atoms with E-state index in [1.165, 1.54) is 0 Å². The minimum atomic E-state index is -5.08. The van der Waals surface area contributed by atoms with Crippen molar-refractivity contribution in [2.45, 2.75) is 67.7 Å². The fourth-order valence-electron chi connectivity index (χ4n) is 4.01. The Balaban J connectivity index is 0.000000260. The number of imidazole rings is 1. The highest BCUT2D eigenvalue weighted by Gasteiger charge is 2.67. The van der Waals surface area contributed by atoms with Crippen LogP contribution in [0.4, 0.5) is 26.3 Å². The number of ether oxygens (including phenoxy) is 1. The average Bonchev–Trinajstić information content (AvgIpc) is 2.85. The maximum atomic E-state index is 12.1. The summed E-state index contributed by atoms with van der Waals surface area (Å²) in [5.41, 5.74) is 7.27. The molecule has 1 heterocycles. The zero-order valence-electron chi connectivity index (χ0n) is 13.8. The first-order chi connectivity index (χ1) is 12.2. The number of carboxylic acids is 1. The zero-order valence-corrected chi connectivity index (χ0v) is 13.8. The lowest BCUT2D eigenvalue weighted by molar-refractivity contribution is -0.353. The van der Waals surface area contributed by atoms with Gasteiger partial charge in [-0.1, -0.05) is 0 Å². The zero-order chi connectivity index (χ0) is 20.3. The number of nitrogens with zero attached hydrogens (tertiary/aromatic N) is 2. The summed E-state index contributed by atoms with van der Waals surface area (Å²) in [6, 6.07) is 0.0720. The fourth-order valence-corrected chi connectivity index (χ4v) is 4.01. The quantitative estimate of drug-likeness (QED) is 0.761. The fraction of sp³-hybridized carbons (Fsp3) is 0.733. The predicted octanol–water partition coefficient (Wildman–Crippen LogP) is 2.89. The molecule has 0 spiro atoms. The molecule has 0 amide bonds. The normalized spacial score (nSPS) is 34.5. The Kier molecular flexibility index (Phi) is 4.50. The molecule has 0 saturated heterocycles. The van der Waals surface area contributed by atoms with Crippen LogP contribution in [0, 0.1) is 0 Å². The van der Waals surface area contributed by atoms with Gasteiger partial charge >= 0.3 is 18.5 Å². The van der Waals surface area contributed by atoms with Crippen LogP contribution in [0.5, 0.6) is 0 Å². The van der Waals surface area contributed by atoms with Crippen LogP contribution in [0.1, 0.15) is 43.8 Å². The van der Waals surface area contributed by atoms with Crippen molar-refractivity contribution >= 4 is 5.97 Å². The van der Waals surface area contributed by atoms with Gasteiger partial charge in [0.15, 0.2) is 0 Å². The van der Waals surface area contributed by atoms with Gasteiger partial charge in [-0.05, 0) is 32.1 Å². The van der Waals surface area contributed by atoms with Gasteiger partial charge in [-0.3, -0.25) is 4.74 Å². The SMILES string of the molecule is NC12CC(c3cn(C4CC(OC(F)(F)F)C4)cn3)(C1)C2.O=C(O)C(F)(F)F. The minimum Gasteiger partial charge on any atom is -0.475 e. The van der Waals surface area contributed by atoms with E-state index in [4.69, 9.17) is 15.6 Å². The molecule has 3 N–H and O–H groups in total. The molecular weight excluding hydrogens is 384 g/mol. The Morgan fingerprint density at radius 2 is 1.74 bits per heavy atom. The Bertz CT molecular complexity index is 703. The number of halogens is 6. The van der Waals surface area contributed by atoms with Crippen molar-refractivity contribution in [1.82, 2.24) is 9.55 Å². The third-order valence-corrected chi connectivity index (χ3v) is 5.25. The molecule has 4 aliphatic carbocycles. The first kappa shape index (κ1) is 19.9. The molecule has 4 saturated carbocycles. The number of hydrogen-bond acceptors (Lipinski definition) is 4. The van der Waals surface area contributed by atoms with Crippen molar-refractivity contribution in [2.75, 3.05) is 0 Å². The van der Waals surface area contributed by atoms with Crippen LogP contribution in [-0.4, -0.2) is 44.8 Å². The number of rotatable bonds is 3. The molecule has 152 valence electrons. The third-order valence-electron chi connectivity index (χ3n) is 5.25. The molecular formula is C15H17F6N3O3. The molecule has 2 bridgehead atoms. The van der Waals surface area contributed by atoms with E-state index in [2.05, 4.69) is 9.72 Å². The van der Waals surface area contributed by atoms with Crippen molar-refractivity contribution in [3.05, 3.63) is 18.2 Å². The number of aromatic nitrogens is 2. The first-order valence-corrected chi connectivity index (χ1v) is 8.09. The van der Waals surface area contributed by atoms with E-state index in [1.807, 2.05) is 10.8 Å².